The molecule has 3 rings (SSSR count). The molecule has 1 heterocycles. The fourth-order valence-electron chi connectivity index (χ4n) is 4.00. The molecular weight excluding hydrogens is 553 g/mol. The number of rotatable bonds is 10. The lowest BCUT2D eigenvalue weighted by Gasteiger charge is -2.25. The number of anilines is 1. The van der Waals surface area contributed by atoms with Gasteiger partial charge in [0, 0.05) is 34.5 Å². The molecule has 0 saturated heterocycles. The number of amides is 1. The van der Waals surface area contributed by atoms with Crippen LogP contribution in [-0.4, -0.2) is 35.6 Å². The Hall–Kier alpha value is -2.56. The van der Waals surface area contributed by atoms with Gasteiger partial charge in [0.25, 0.3) is 0 Å². The SMILES string of the molecule is CC(C)(C)C(=O)CCCCCC(=O)c1ccc2c(c1)N(Cc1ccc(OC(F)(F)F)cc1)C(=O)[C@@H](N)CS2.Cl. The molecular formula is C28H34ClF3N2O4S. The summed E-state index contributed by atoms with van der Waals surface area (Å²) < 4.78 is 41.4. The van der Waals surface area contributed by atoms with Gasteiger partial charge in [0.05, 0.1) is 18.3 Å². The third-order valence-electron chi connectivity index (χ3n) is 6.22. The van der Waals surface area contributed by atoms with Crippen LogP contribution in [0, 0.1) is 5.41 Å². The number of hydrogen-bond donors (Lipinski definition) is 1. The van der Waals surface area contributed by atoms with E-state index in [4.69, 9.17) is 5.73 Å². The molecule has 39 heavy (non-hydrogen) atoms. The van der Waals surface area contributed by atoms with Gasteiger partial charge in [-0.25, -0.2) is 0 Å². The average molecular weight is 587 g/mol. The first kappa shape index (κ1) is 32.7. The van der Waals surface area contributed by atoms with Gasteiger partial charge in [-0.2, -0.15) is 0 Å². The number of halogens is 4. The largest absolute Gasteiger partial charge is 0.573 e. The van der Waals surface area contributed by atoms with Crippen LogP contribution in [0.4, 0.5) is 18.9 Å². The van der Waals surface area contributed by atoms with Crippen LogP contribution in [0.1, 0.15) is 68.8 Å². The maximum absolute atomic E-state index is 13.1. The summed E-state index contributed by atoms with van der Waals surface area (Å²) in [5.41, 5.74) is 7.33. The second kappa shape index (κ2) is 13.7. The normalized spacial score (nSPS) is 15.7. The molecule has 1 atom stereocenters. The molecule has 0 bridgehead atoms. The summed E-state index contributed by atoms with van der Waals surface area (Å²) in [4.78, 5) is 40.4. The Bertz CT molecular complexity index is 1170. The van der Waals surface area contributed by atoms with Crippen LogP contribution in [-0.2, 0) is 16.1 Å². The number of ether oxygens (including phenoxy) is 1. The van der Waals surface area contributed by atoms with Gasteiger partial charge >= 0.3 is 6.36 Å². The van der Waals surface area contributed by atoms with Crippen molar-refractivity contribution in [3.63, 3.8) is 0 Å². The van der Waals surface area contributed by atoms with E-state index < -0.39 is 12.4 Å². The summed E-state index contributed by atoms with van der Waals surface area (Å²) in [7, 11) is 0. The lowest BCUT2D eigenvalue weighted by molar-refractivity contribution is -0.274. The minimum Gasteiger partial charge on any atom is -0.406 e. The summed E-state index contributed by atoms with van der Waals surface area (Å²) in [5, 5.41) is 0. The molecule has 214 valence electrons. The van der Waals surface area contributed by atoms with Gasteiger partial charge in [-0.1, -0.05) is 45.4 Å². The number of benzene rings is 2. The monoisotopic (exact) mass is 586 g/mol. The highest BCUT2D eigenvalue weighted by atomic mass is 35.5. The molecule has 0 fully saturated rings. The molecule has 0 radical (unpaired) electrons. The highest BCUT2D eigenvalue weighted by Gasteiger charge is 2.32. The fourth-order valence-corrected chi connectivity index (χ4v) is 4.99. The number of carbonyl (C=O) groups excluding carboxylic acids is 3. The van der Waals surface area contributed by atoms with E-state index in [9.17, 15) is 27.6 Å². The summed E-state index contributed by atoms with van der Waals surface area (Å²) in [5.74, 6) is -0.180. The van der Waals surface area contributed by atoms with E-state index in [0.717, 1.165) is 17.7 Å². The van der Waals surface area contributed by atoms with Crippen molar-refractivity contribution in [3.8, 4) is 5.75 Å². The van der Waals surface area contributed by atoms with Gasteiger partial charge < -0.3 is 15.4 Å². The number of nitrogens with two attached hydrogens (primary N) is 1. The first-order chi connectivity index (χ1) is 17.7. The Morgan fingerprint density at radius 2 is 1.67 bits per heavy atom. The Balaban J connectivity index is 0.00000533. The van der Waals surface area contributed by atoms with E-state index in [1.165, 1.54) is 40.9 Å². The van der Waals surface area contributed by atoms with Gasteiger partial charge in [-0.3, -0.25) is 14.4 Å². The van der Waals surface area contributed by atoms with Crippen LogP contribution in [0.3, 0.4) is 0 Å². The number of unbranched alkanes of at least 4 members (excludes halogenated alkanes) is 2. The van der Waals surface area contributed by atoms with E-state index >= 15 is 0 Å². The summed E-state index contributed by atoms with van der Waals surface area (Å²) in [6.45, 7) is 5.77. The summed E-state index contributed by atoms with van der Waals surface area (Å²) in [6, 6.07) is 9.74. The molecule has 1 aliphatic rings. The third-order valence-corrected chi connectivity index (χ3v) is 7.40. The zero-order valence-corrected chi connectivity index (χ0v) is 23.8. The van der Waals surface area contributed by atoms with Crippen molar-refractivity contribution < 1.29 is 32.3 Å². The van der Waals surface area contributed by atoms with Crippen molar-refractivity contribution in [2.24, 2.45) is 11.1 Å². The minimum atomic E-state index is -4.79. The van der Waals surface area contributed by atoms with Crippen LogP contribution in [0.15, 0.2) is 47.4 Å². The predicted molar refractivity (Wildman–Crippen MR) is 149 cm³/mol. The molecule has 1 aliphatic heterocycles. The molecule has 11 heteroatoms. The minimum absolute atomic E-state index is 0. The Morgan fingerprint density at radius 1 is 1.03 bits per heavy atom. The molecule has 2 N–H and O–H groups in total. The topological polar surface area (TPSA) is 89.7 Å². The molecule has 0 aromatic heterocycles. The third kappa shape index (κ3) is 9.54. The Kier molecular flexibility index (Phi) is 11.4. The number of hydrogen-bond acceptors (Lipinski definition) is 6. The maximum Gasteiger partial charge on any atom is 0.573 e. The standard InChI is InChI=1S/C28H33F3N2O4S.ClH/c1-27(2,3)25(35)8-6-4-5-7-23(34)19-11-14-24-22(15-19)33(26(36)21(32)17-38-24)16-18-9-12-20(13-10-18)37-28(29,30)31;/h9-15,21H,4-8,16-17,32H2,1-3H3;1H/t21-;/m0./s1. The van der Waals surface area contributed by atoms with Gasteiger partial charge in [-0.15, -0.1) is 37.3 Å². The molecule has 1 amide bonds. The number of ketones is 2. The van der Waals surface area contributed by atoms with Gasteiger partial charge in [0.1, 0.15) is 11.5 Å². The smallest absolute Gasteiger partial charge is 0.406 e. The second-order valence-electron chi connectivity index (χ2n) is 10.4. The van der Waals surface area contributed by atoms with Crippen molar-refractivity contribution in [1.29, 1.82) is 0 Å². The van der Waals surface area contributed by atoms with Gasteiger partial charge in [-0.05, 0) is 42.7 Å². The van der Waals surface area contributed by atoms with Crippen molar-refractivity contribution in [3.05, 3.63) is 53.6 Å². The highest BCUT2D eigenvalue weighted by molar-refractivity contribution is 7.99. The molecule has 6 nitrogen and oxygen atoms in total. The number of carbonyl (C=O) groups is 3. The van der Waals surface area contributed by atoms with Gasteiger partial charge in [0.2, 0.25) is 5.91 Å². The zero-order valence-electron chi connectivity index (χ0n) is 22.2. The molecule has 0 unspecified atom stereocenters. The van der Waals surface area contributed by atoms with Crippen LogP contribution in [0.2, 0.25) is 0 Å². The van der Waals surface area contributed by atoms with Crippen LogP contribution in [0.5, 0.6) is 5.75 Å². The Morgan fingerprint density at radius 3 is 2.28 bits per heavy atom. The lowest BCUT2D eigenvalue weighted by Crippen LogP contribution is -2.44. The molecule has 0 saturated carbocycles. The number of thioether (sulfide) groups is 1. The van der Waals surface area contributed by atoms with E-state index in [-0.39, 0.29) is 47.6 Å². The zero-order chi connectivity index (χ0) is 28.1. The predicted octanol–water partition coefficient (Wildman–Crippen LogP) is 6.72. The molecule has 0 spiro atoms. The van der Waals surface area contributed by atoms with E-state index in [1.54, 1.807) is 18.2 Å². The first-order valence-electron chi connectivity index (χ1n) is 12.5. The quantitative estimate of drug-likeness (QED) is 0.245. The van der Waals surface area contributed by atoms with E-state index in [1.807, 2.05) is 20.8 Å². The lowest BCUT2D eigenvalue weighted by atomic mass is 9.87. The summed E-state index contributed by atoms with van der Waals surface area (Å²) >= 11 is 1.42. The average Bonchev–Trinajstić information content (AvgIpc) is 2.95. The Labute approximate surface area is 237 Å². The van der Waals surface area contributed by atoms with Crippen LogP contribution in [0.25, 0.3) is 0 Å². The summed E-state index contributed by atoms with van der Waals surface area (Å²) in [6.07, 6.45) is -1.82. The van der Waals surface area contributed by atoms with Gasteiger partial charge in [0.15, 0.2) is 5.78 Å². The number of Topliss-reactive ketones (excluding diaryl/α,β-unsaturated/α-hetero) is 2. The first-order valence-corrected chi connectivity index (χ1v) is 13.5. The maximum atomic E-state index is 13.1. The van der Waals surface area contributed by atoms with Crippen molar-refractivity contribution in [1.82, 2.24) is 0 Å². The van der Waals surface area contributed by atoms with Crippen molar-refractivity contribution in [2.75, 3.05) is 10.7 Å². The van der Waals surface area contributed by atoms with Crippen molar-refractivity contribution in [2.45, 2.75) is 76.7 Å². The number of alkyl halides is 3. The van der Waals surface area contributed by atoms with E-state index in [2.05, 4.69) is 4.74 Å². The number of fused-ring (bicyclic) bond motifs is 1. The van der Waals surface area contributed by atoms with E-state index in [0.29, 0.717) is 41.8 Å². The molecule has 2 aromatic rings. The molecule has 2 aromatic carbocycles. The highest BCUT2D eigenvalue weighted by Crippen LogP contribution is 2.36. The van der Waals surface area contributed by atoms with Crippen LogP contribution >= 0.6 is 24.2 Å². The second-order valence-corrected chi connectivity index (χ2v) is 11.4. The van der Waals surface area contributed by atoms with Crippen molar-refractivity contribution >= 4 is 47.3 Å². The molecule has 0 aliphatic carbocycles. The number of nitrogens with zero attached hydrogens (tertiary/aromatic N) is 1. The fraction of sp³-hybridized carbons (Fsp3) is 0.464. The van der Waals surface area contributed by atoms with Crippen LogP contribution < -0.4 is 15.4 Å².